The molecule has 0 saturated heterocycles. The van der Waals surface area contributed by atoms with Gasteiger partial charge in [-0.05, 0) is 49.2 Å². The summed E-state index contributed by atoms with van der Waals surface area (Å²) < 4.78 is 27.2. The van der Waals surface area contributed by atoms with Crippen LogP contribution in [0, 0.1) is 11.3 Å². The third-order valence-corrected chi connectivity index (χ3v) is 4.85. The van der Waals surface area contributed by atoms with Gasteiger partial charge in [-0.3, -0.25) is 0 Å². The molecule has 0 aromatic heterocycles. The molecule has 0 bridgehead atoms. The fraction of sp³-hybridized carbons (Fsp3) is 0.176. The van der Waals surface area contributed by atoms with Gasteiger partial charge in [-0.1, -0.05) is 18.2 Å². The first-order valence-corrected chi connectivity index (χ1v) is 8.63. The first-order chi connectivity index (χ1) is 11.2. The van der Waals surface area contributed by atoms with Crippen molar-refractivity contribution in [1.82, 2.24) is 4.72 Å². The minimum Gasteiger partial charge on any atom is -0.478 e. The molecule has 24 heavy (non-hydrogen) atoms. The van der Waals surface area contributed by atoms with E-state index in [-0.39, 0.29) is 16.5 Å². The number of rotatable bonds is 5. The van der Waals surface area contributed by atoms with Crippen LogP contribution < -0.4 is 4.72 Å². The molecule has 0 fully saturated rings. The Morgan fingerprint density at radius 1 is 1.21 bits per heavy atom. The molecule has 0 spiro atoms. The predicted molar refractivity (Wildman–Crippen MR) is 89.0 cm³/mol. The average molecular weight is 344 g/mol. The van der Waals surface area contributed by atoms with Crippen LogP contribution in [0.25, 0.3) is 11.1 Å². The molecule has 0 amide bonds. The molecule has 0 heterocycles. The fourth-order valence-corrected chi connectivity index (χ4v) is 3.56. The zero-order chi connectivity index (χ0) is 17.9. The molecule has 124 valence electrons. The molecule has 0 saturated carbocycles. The molecule has 2 rings (SSSR count). The molecule has 0 aliphatic carbocycles. The Hall–Kier alpha value is -2.69. The standard InChI is InChI=1S/C17H16N2O4S/c1-11(2)19-24(22,23)15-8-13(7-14(9-15)17(20)21)16-6-4-3-5-12(16)10-18/h3-9,11,19H,1-2H3,(H,20,21). The predicted octanol–water partition coefficient (Wildman–Crippen LogP) is 2.61. The highest BCUT2D eigenvalue weighted by atomic mass is 32.2. The Kier molecular flexibility index (Phi) is 5.02. The summed E-state index contributed by atoms with van der Waals surface area (Å²) in [6.07, 6.45) is 0. The molecule has 0 unspecified atom stereocenters. The van der Waals surface area contributed by atoms with Crippen LogP contribution in [0.5, 0.6) is 0 Å². The summed E-state index contributed by atoms with van der Waals surface area (Å²) in [7, 11) is -3.86. The van der Waals surface area contributed by atoms with Crippen LogP contribution in [-0.2, 0) is 10.0 Å². The van der Waals surface area contributed by atoms with Crippen molar-refractivity contribution in [2.24, 2.45) is 0 Å². The molecular weight excluding hydrogens is 328 g/mol. The van der Waals surface area contributed by atoms with Gasteiger partial charge in [-0.25, -0.2) is 17.9 Å². The molecule has 2 N–H and O–H groups in total. The van der Waals surface area contributed by atoms with Crippen LogP contribution in [0.1, 0.15) is 29.8 Å². The monoisotopic (exact) mass is 344 g/mol. The van der Waals surface area contributed by atoms with Crippen LogP contribution in [-0.4, -0.2) is 25.5 Å². The van der Waals surface area contributed by atoms with Crippen molar-refractivity contribution >= 4 is 16.0 Å². The quantitative estimate of drug-likeness (QED) is 0.867. The van der Waals surface area contributed by atoms with Crippen molar-refractivity contribution in [3.8, 4) is 17.2 Å². The molecular formula is C17H16N2O4S. The summed E-state index contributed by atoms with van der Waals surface area (Å²) in [4.78, 5) is 11.2. The summed E-state index contributed by atoms with van der Waals surface area (Å²) >= 11 is 0. The van der Waals surface area contributed by atoms with Gasteiger partial charge >= 0.3 is 5.97 Å². The lowest BCUT2D eigenvalue weighted by atomic mass is 9.99. The SMILES string of the molecule is CC(C)NS(=O)(=O)c1cc(C(=O)O)cc(-c2ccccc2C#N)c1. The van der Waals surface area contributed by atoms with E-state index in [1.807, 2.05) is 6.07 Å². The second-order valence-electron chi connectivity index (χ2n) is 5.48. The number of carboxylic acid groups (broad SMARTS) is 1. The number of benzene rings is 2. The van der Waals surface area contributed by atoms with Gasteiger partial charge in [0.25, 0.3) is 0 Å². The van der Waals surface area contributed by atoms with E-state index in [1.165, 1.54) is 12.1 Å². The molecule has 0 aliphatic heterocycles. The molecule has 6 nitrogen and oxygen atoms in total. The lowest BCUT2D eigenvalue weighted by Gasteiger charge is -2.12. The van der Waals surface area contributed by atoms with Crippen molar-refractivity contribution in [2.45, 2.75) is 24.8 Å². The van der Waals surface area contributed by atoms with Gasteiger partial charge < -0.3 is 5.11 Å². The Bertz CT molecular complexity index is 928. The molecule has 0 atom stereocenters. The van der Waals surface area contributed by atoms with Gasteiger partial charge in [0.15, 0.2) is 0 Å². The number of hydrogen-bond acceptors (Lipinski definition) is 4. The Morgan fingerprint density at radius 3 is 2.46 bits per heavy atom. The summed E-state index contributed by atoms with van der Waals surface area (Å²) in [5.74, 6) is -1.24. The smallest absolute Gasteiger partial charge is 0.335 e. The lowest BCUT2D eigenvalue weighted by molar-refractivity contribution is 0.0696. The maximum absolute atomic E-state index is 12.4. The summed E-state index contributed by atoms with van der Waals surface area (Å²) in [6, 6.07) is 12.1. The van der Waals surface area contributed by atoms with Crippen LogP contribution in [0.15, 0.2) is 47.4 Å². The zero-order valence-corrected chi connectivity index (χ0v) is 14.0. The topological polar surface area (TPSA) is 107 Å². The number of nitriles is 1. The van der Waals surface area contributed by atoms with Gasteiger partial charge in [0.05, 0.1) is 22.1 Å². The van der Waals surface area contributed by atoms with Gasteiger partial charge in [0, 0.05) is 6.04 Å². The molecule has 7 heteroatoms. The van der Waals surface area contributed by atoms with E-state index in [2.05, 4.69) is 4.72 Å². The van der Waals surface area contributed by atoms with Crippen molar-refractivity contribution in [2.75, 3.05) is 0 Å². The van der Waals surface area contributed by atoms with E-state index in [9.17, 15) is 23.6 Å². The van der Waals surface area contributed by atoms with Crippen LogP contribution in [0.3, 0.4) is 0 Å². The van der Waals surface area contributed by atoms with Crippen molar-refractivity contribution in [1.29, 1.82) is 5.26 Å². The highest BCUT2D eigenvalue weighted by molar-refractivity contribution is 7.89. The number of nitrogens with one attached hydrogen (secondary N) is 1. The van der Waals surface area contributed by atoms with Crippen molar-refractivity contribution < 1.29 is 18.3 Å². The highest BCUT2D eigenvalue weighted by Crippen LogP contribution is 2.27. The molecule has 0 aliphatic rings. The van der Waals surface area contributed by atoms with Gasteiger partial charge in [-0.2, -0.15) is 5.26 Å². The zero-order valence-electron chi connectivity index (χ0n) is 13.1. The number of hydrogen-bond donors (Lipinski definition) is 2. The first kappa shape index (κ1) is 17.7. The average Bonchev–Trinajstić information content (AvgIpc) is 2.53. The molecule has 2 aromatic rings. The number of nitrogens with zero attached hydrogens (tertiary/aromatic N) is 1. The van der Waals surface area contributed by atoms with Gasteiger partial charge in [0.2, 0.25) is 10.0 Å². The third-order valence-electron chi connectivity index (χ3n) is 3.21. The van der Waals surface area contributed by atoms with E-state index in [1.54, 1.807) is 38.1 Å². The second kappa shape index (κ2) is 6.83. The molecule has 0 radical (unpaired) electrons. The van der Waals surface area contributed by atoms with Crippen LogP contribution in [0.4, 0.5) is 0 Å². The number of carboxylic acids is 1. The van der Waals surface area contributed by atoms with Crippen molar-refractivity contribution in [3.05, 3.63) is 53.6 Å². The van der Waals surface area contributed by atoms with E-state index >= 15 is 0 Å². The first-order valence-electron chi connectivity index (χ1n) is 7.15. The maximum atomic E-state index is 12.4. The summed E-state index contributed by atoms with van der Waals surface area (Å²) in [5.41, 5.74) is 1.00. The maximum Gasteiger partial charge on any atom is 0.335 e. The van der Waals surface area contributed by atoms with Crippen LogP contribution >= 0.6 is 0 Å². The minimum absolute atomic E-state index is 0.154. The van der Waals surface area contributed by atoms with Gasteiger partial charge in [-0.15, -0.1) is 0 Å². The Morgan fingerprint density at radius 2 is 1.88 bits per heavy atom. The van der Waals surface area contributed by atoms with Crippen molar-refractivity contribution in [3.63, 3.8) is 0 Å². The molecule has 2 aromatic carbocycles. The normalized spacial score (nSPS) is 11.2. The van der Waals surface area contributed by atoms with E-state index in [0.717, 1.165) is 6.07 Å². The summed E-state index contributed by atoms with van der Waals surface area (Å²) in [5, 5.41) is 18.5. The largest absolute Gasteiger partial charge is 0.478 e. The Balaban J connectivity index is 2.71. The highest BCUT2D eigenvalue weighted by Gasteiger charge is 2.20. The minimum atomic E-state index is -3.86. The van der Waals surface area contributed by atoms with Gasteiger partial charge in [0.1, 0.15) is 0 Å². The lowest BCUT2D eigenvalue weighted by Crippen LogP contribution is -2.30. The van der Waals surface area contributed by atoms with E-state index in [0.29, 0.717) is 16.7 Å². The second-order valence-corrected chi connectivity index (χ2v) is 7.20. The van der Waals surface area contributed by atoms with E-state index in [4.69, 9.17) is 0 Å². The fourth-order valence-electron chi connectivity index (χ4n) is 2.24. The van der Waals surface area contributed by atoms with E-state index < -0.39 is 16.0 Å². The Labute approximate surface area is 140 Å². The third kappa shape index (κ3) is 3.79. The number of sulfonamides is 1. The van der Waals surface area contributed by atoms with Crippen LogP contribution in [0.2, 0.25) is 0 Å². The number of carbonyl (C=O) groups is 1. The summed E-state index contributed by atoms with van der Waals surface area (Å²) in [6.45, 7) is 3.34. The number of aromatic carboxylic acids is 1.